The molecule has 0 aliphatic rings. The normalized spacial score (nSPS) is 11.0. The summed E-state index contributed by atoms with van der Waals surface area (Å²) in [5.74, 6) is -1.14. The fourth-order valence-electron chi connectivity index (χ4n) is 1.50. The minimum absolute atomic E-state index is 0.0666. The molecule has 0 aromatic heterocycles. The minimum Gasteiger partial charge on any atom is -0.367 e. The first-order chi connectivity index (χ1) is 12.0. The van der Waals surface area contributed by atoms with E-state index in [1.165, 1.54) is 24.3 Å². The van der Waals surface area contributed by atoms with Gasteiger partial charge in [0.05, 0.1) is 11.1 Å². The Labute approximate surface area is 158 Å². The average molecular weight is 447 g/mol. The zero-order chi connectivity index (χ0) is 19.9. The standard InChI is InChI=1S/C8H8BrFN4O.C7H8O3S/c9-6-2-1-5(7(10)3-6)4-13-14(15)8(11)12;1-6-2-4-7(5-3-6)11(8,9)10/h1-4,15H,(H3,11,12);2-5H,1H3,(H,8,9,10). The smallest absolute Gasteiger partial charge is 0.294 e. The Morgan fingerprint density at radius 3 is 2.35 bits per heavy atom. The summed E-state index contributed by atoms with van der Waals surface area (Å²) < 4.78 is 43.3. The van der Waals surface area contributed by atoms with Gasteiger partial charge in [-0.2, -0.15) is 13.5 Å². The van der Waals surface area contributed by atoms with Gasteiger partial charge in [-0.3, -0.25) is 15.2 Å². The van der Waals surface area contributed by atoms with Gasteiger partial charge in [0.2, 0.25) is 5.96 Å². The van der Waals surface area contributed by atoms with Gasteiger partial charge in [-0.05, 0) is 37.3 Å². The number of nitrogens with one attached hydrogen (secondary N) is 1. The largest absolute Gasteiger partial charge is 0.367 e. The number of benzene rings is 2. The topological polar surface area (TPSA) is 140 Å². The zero-order valence-electron chi connectivity index (χ0n) is 13.5. The van der Waals surface area contributed by atoms with Gasteiger partial charge in [0.15, 0.2) is 0 Å². The van der Waals surface area contributed by atoms with E-state index in [1.54, 1.807) is 18.2 Å². The molecule has 0 radical (unpaired) electrons. The number of nitrogens with zero attached hydrogens (tertiary/aromatic N) is 2. The Morgan fingerprint density at radius 1 is 1.31 bits per heavy atom. The molecule has 0 fully saturated rings. The molecular formula is C15H16BrFN4O4S. The SMILES string of the molecule is Cc1ccc(S(=O)(=O)O)cc1.N=C(N)N(O)N=Cc1ccc(Br)cc1F. The van der Waals surface area contributed by atoms with Crippen molar-refractivity contribution in [2.45, 2.75) is 11.8 Å². The summed E-state index contributed by atoms with van der Waals surface area (Å²) in [6.07, 6.45) is 1.06. The molecule has 26 heavy (non-hydrogen) atoms. The lowest BCUT2D eigenvalue weighted by atomic mass is 10.2. The van der Waals surface area contributed by atoms with E-state index in [-0.39, 0.29) is 15.6 Å². The number of halogens is 2. The molecule has 8 nitrogen and oxygen atoms in total. The second-order valence-electron chi connectivity index (χ2n) is 4.87. The van der Waals surface area contributed by atoms with Crippen LogP contribution in [0.1, 0.15) is 11.1 Å². The van der Waals surface area contributed by atoms with Crippen LogP contribution >= 0.6 is 15.9 Å². The quantitative estimate of drug-likeness (QED) is 0.247. The summed E-state index contributed by atoms with van der Waals surface area (Å²) >= 11 is 3.10. The van der Waals surface area contributed by atoms with E-state index in [0.717, 1.165) is 11.8 Å². The van der Waals surface area contributed by atoms with Gasteiger partial charge in [-0.15, -0.1) is 5.17 Å². The first kappa shape index (κ1) is 21.7. The van der Waals surface area contributed by atoms with E-state index in [0.29, 0.717) is 4.47 Å². The number of rotatable bonds is 3. The molecule has 0 bridgehead atoms. The van der Waals surface area contributed by atoms with Crippen molar-refractivity contribution >= 4 is 38.2 Å². The third-order valence-corrected chi connectivity index (χ3v) is 4.16. The van der Waals surface area contributed by atoms with E-state index in [1.807, 2.05) is 6.92 Å². The molecule has 2 rings (SSSR count). The van der Waals surface area contributed by atoms with Crippen LogP contribution < -0.4 is 5.73 Å². The second-order valence-corrected chi connectivity index (χ2v) is 7.21. The molecular weight excluding hydrogens is 431 g/mol. The molecule has 0 atom stereocenters. The van der Waals surface area contributed by atoms with Crippen LogP contribution in [0.15, 0.2) is 56.9 Å². The fraction of sp³-hybridized carbons (Fsp3) is 0.0667. The molecule has 5 N–H and O–H groups in total. The molecule has 0 amide bonds. The Balaban J connectivity index is 0.000000273. The van der Waals surface area contributed by atoms with Crippen LogP contribution in [-0.2, 0) is 10.1 Å². The Hall–Kier alpha value is -2.34. The van der Waals surface area contributed by atoms with Crippen molar-refractivity contribution in [1.29, 1.82) is 5.41 Å². The van der Waals surface area contributed by atoms with Crippen LogP contribution in [0, 0.1) is 18.2 Å². The van der Waals surface area contributed by atoms with Gasteiger partial charge in [0.25, 0.3) is 10.1 Å². The first-order valence-corrected chi connectivity index (χ1v) is 9.10. The van der Waals surface area contributed by atoms with Gasteiger partial charge < -0.3 is 5.73 Å². The van der Waals surface area contributed by atoms with Crippen LogP contribution in [0.2, 0.25) is 0 Å². The van der Waals surface area contributed by atoms with E-state index in [4.69, 9.17) is 20.9 Å². The molecule has 0 heterocycles. The summed E-state index contributed by atoms with van der Waals surface area (Å²) in [5, 5.41) is 19.2. The highest BCUT2D eigenvalue weighted by molar-refractivity contribution is 9.10. The lowest BCUT2D eigenvalue weighted by Crippen LogP contribution is -2.28. The van der Waals surface area contributed by atoms with Crippen LogP contribution in [0.3, 0.4) is 0 Å². The molecule has 0 saturated heterocycles. The predicted octanol–water partition coefficient (Wildman–Crippen LogP) is 2.75. The summed E-state index contributed by atoms with van der Waals surface area (Å²) in [6, 6.07) is 10.3. The summed E-state index contributed by atoms with van der Waals surface area (Å²) in [7, 11) is -4.02. The molecule has 0 unspecified atom stereocenters. The molecule has 0 aliphatic carbocycles. The average Bonchev–Trinajstić information content (AvgIpc) is 2.53. The molecule has 11 heteroatoms. The maximum Gasteiger partial charge on any atom is 0.294 e. The highest BCUT2D eigenvalue weighted by Crippen LogP contribution is 2.13. The molecule has 0 aliphatic heterocycles. The predicted molar refractivity (Wildman–Crippen MR) is 98.2 cm³/mol. The van der Waals surface area contributed by atoms with E-state index in [9.17, 15) is 12.8 Å². The number of hydrazone groups is 1. The minimum atomic E-state index is -4.02. The monoisotopic (exact) mass is 446 g/mol. The number of nitrogens with two attached hydrogens (primary N) is 1. The van der Waals surface area contributed by atoms with Crippen molar-refractivity contribution < 1.29 is 22.6 Å². The Kier molecular flexibility index (Phi) is 7.83. The van der Waals surface area contributed by atoms with Crippen molar-refractivity contribution in [2.75, 3.05) is 0 Å². The van der Waals surface area contributed by atoms with Crippen LogP contribution in [0.5, 0.6) is 0 Å². The van der Waals surface area contributed by atoms with Gasteiger partial charge in [0, 0.05) is 10.0 Å². The van der Waals surface area contributed by atoms with Crippen LogP contribution in [-0.4, -0.2) is 35.5 Å². The third-order valence-electron chi connectivity index (χ3n) is 2.80. The summed E-state index contributed by atoms with van der Waals surface area (Å²) in [5.41, 5.74) is 6.04. The van der Waals surface area contributed by atoms with Gasteiger partial charge in [-0.25, -0.2) is 4.39 Å². The molecule has 140 valence electrons. The van der Waals surface area contributed by atoms with Gasteiger partial charge in [0.1, 0.15) is 5.82 Å². The number of guanidine groups is 1. The number of hydrogen-bond donors (Lipinski definition) is 4. The maximum atomic E-state index is 13.2. The van der Waals surface area contributed by atoms with E-state index < -0.39 is 21.9 Å². The number of hydrogen-bond acceptors (Lipinski definition) is 5. The second kappa shape index (κ2) is 9.38. The lowest BCUT2D eigenvalue weighted by Gasteiger charge is -2.05. The van der Waals surface area contributed by atoms with E-state index >= 15 is 0 Å². The van der Waals surface area contributed by atoms with Gasteiger partial charge >= 0.3 is 0 Å². The van der Waals surface area contributed by atoms with Crippen molar-refractivity contribution in [2.24, 2.45) is 10.8 Å². The molecule has 2 aromatic rings. The molecule has 0 saturated carbocycles. The summed E-state index contributed by atoms with van der Waals surface area (Å²) in [6.45, 7) is 1.84. The van der Waals surface area contributed by atoms with Crippen LogP contribution in [0.4, 0.5) is 4.39 Å². The summed E-state index contributed by atoms with van der Waals surface area (Å²) in [4.78, 5) is -0.0666. The zero-order valence-corrected chi connectivity index (χ0v) is 15.9. The number of hydroxylamine groups is 1. The lowest BCUT2D eigenvalue weighted by molar-refractivity contribution is -0.0139. The van der Waals surface area contributed by atoms with Gasteiger partial charge in [-0.1, -0.05) is 33.6 Å². The first-order valence-electron chi connectivity index (χ1n) is 6.87. The van der Waals surface area contributed by atoms with Crippen molar-refractivity contribution in [3.05, 3.63) is 63.9 Å². The maximum absolute atomic E-state index is 13.2. The van der Waals surface area contributed by atoms with E-state index in [2.05, 4.69) is 21.0 Å². The Morgan fingerprint density at radius 2 is 1.88 bits per heavy atom. The van der Waals surface area contributed by atoms with Crippen molar-refractivity contribution in [1.82, 2.24) is 5.17 Å². The highest BCUT2D eigenvalue weighted by atomic mass is 79.9. The third kappa shape index (κ3) is 7.27. The van der Waals surface area contributed by atoms with Crippen molar-refractivity contribution in [3.63, 3.8) is 0 Å². The fourth-order valence-corrected chi connectivity index (χ4v) is 2.31. The molecule has 0 spiro atoms. The van der Waals surface area contributed by atoms with Crippen molar-refractivity contribution in [3.8, 4) is 0 Å². The molecule has 2 aromatic carbocycles. The Bertz CT molecular complexity index is 904. The number of aryl methyl sites for hydroxylation is 1. The van der Waals surface area contributed by atoms with Crippen LogP contribution in [0.25, 0.3) is 0 Å². The highest BCUT2D eigenvalue weighted by Gasteiger charge is 2.06.